The lowest BCUT2D eigenvalue weighted by Gasteiger charge is -2.41. The van der Waals surface area contributed by atoms with E-state index in [1.54, 1.807) is 41.5 Å². The zero-order valence-electron chi connectivity index (χ0n) is 31.1. The van der Waals surface area contributed by atoms with E-state index in [0.717, 1.165) is 38.5 Å². The highest BCUT2D eigenvalue weighted by molar-refractivity contribution is 7.92. The standard InChI is InChI=1S/C35H61N5O8S/c1-32(2,3)27(38-31(45)39-35(16-11-10-12-17-35)21-49(46,47)34(7,8)9)30(44)40-20-23(48-33(4,5)6)19-25(40)29(43)37-24(26(41)28(36)42)18-22-14-13-15-22/h22-25,27H,10-21H2,1-9H3,(H2,36,42)(H,37,43)(H2,38,39,45)/t23-,24?,25+,27-/m1/s1. The number of hydrogen-bond donors (Lipinski definition) is 4. The van der Waals surface area contributed by atoms with Crippen molar-refractivity contribution in [1.29, 1.82) is 0 Å². The van der Waals surface area contributed by atoms with Crippen LogP contribution in [0.15, 0.2) is 0 Å². The summed E-state index contributed by atoms with van der Waals surface area (Å²) in [6, 6.07) is -3.90. The minimum Gasteiger partial charge on any atom is -0.371 e. The number of sulfone groups is 1. The van der Waals surface area contributed by atoms with Crippen LogP contribution >= 0.6 is 0 Å². The van der Waals surface area contributed by atoms with Gasteiger partial charge in [-0.3, -0.25) is 19.2 Å². The molecule has 2 aliphatic carbocycles. The van der Waals surface area contributed by atoms with Gasteiger partial charge >= 0.3 is 6.03 Å². The smallest absolute Gasteiger partial charge is 0.315 e. The SMILES string of the molecule is CC(C)(C)O[C@@H]1C[C@@H](C(=O)NC(CC2CCC2)C(=O)C(N)=O)N(C(=O)[C@@H](NC(=O)NC2(CS(=O)(=O)C(C)(C)C)CCCCC2)C(C)(C)C)C1. The van der Waals surface area contributed by atoms with Crippen molar-refractivity contribution in [2.45, 2.75) is 167 Å². The maximum Gasteiger partial charge on any atom is 0.315 e. The summed E-state index contributed by atoms with van der Waals surface area (Å²) in [6.45, 7) is 16.0. The van der Waals surface area contributed by atoms with Crippen molar-refractivity contribution >= 4 is 39.4 Å². The summed E-state index contributed by atoms with van der Waals surface area (Å²) in [4.78, 5) is 68.1. The van der Waals surface area contributed by atoms with E-state index in [4.69, 9.17) is 10.5 Å². The van der Waals surface area contributed by atoms with Gasteiger partial charge < -0.3 is 31.3 Å². The minimum atomic E-state index is -3.58. The third kappa shape index (κ3) is 10.9. The molecule has 3 fully saturated rings. The number of rotatable bonds is 12. The second kappa shape index (κ2) is 15.2. The number of likely N-dealkylation sites (tertiary alicyclic amines) is 1. The quantitative estimate of drug-likeness (QED) is 0.222. The van der Waals surface area contributed by atoms with Gasteiger partial charge in [-0.05, 0) is 72.1 Å². The van der Waals surface area contributed by atoms with Gasteiger partial charge in [0.25, 0.3) is 5.91 Å². The van der Waals surface area contributed by atoms with Crippen LogP contribution in [0.4, 0.5) is 4.79 Å². The molecule has 1 aliphatic heterocycles. The van der Waals surface area contributed by atoms with Gasteiger partial charge in [0, 0.05) is 13.0 Å². The highest BCUT2D eigenvalue weighted by Crippen LogP contribution is 2.34. The Labute approximate surface area is 292 Å². The number of urea groups is 1. The largest absolute Gasteiger partial charge is 0.371 e. The third-order valence-electron chi connectivity index (χ3n) is 10.0. The molecular formula is C35H61N5O8S. The fraction of sp³-hybridized carbons (Fsp3) is 0.857. The second-order valence-corrected chi connectivity index (χ2v) is 20.3. The number of hydrogen-bond acceptors (Lipinski definition) is 8. The zero-order valence-corrected chi connectivity index (χ0v) is 31.9. The fourth-order valence-corrected chi connectivity index (χ4v) is 8.47. The molecule has 1 saturated heterocycles. The first-order valence-corrected chi connectivity index (χ1v) is 19.4. The number of nitrogens with two attached hydrogens (primary N) is 1. The second-order valence-electron chi connectivity index (χ2n) is 17.5. The van der Waals surface area contributed by atoms with Crippen LogP contribution < -0.4 is 21.7 Å². The fourth-order valence-electron chi connectivity index (χ4n) is 6.94. The Morgan fingerprint density at radius 3 is 1.96 bits per heavy atom. The summed E-state index contributed by atoms with van der Waals surface area (Å²) in [5.74, 6) is -3.15. The number of amides is 5. The van der Waals surface area contributed by atoms with Crippen molar-refractivity contribution in [3.05, 3.63) is 0 Å². The number of Topliss-reactive ketones (excluding diaryl/α,β-unsaturated/α-hetero) is 1. The summed E-state index contributed by atoms with van der Waals surface area (Å²) in [7, 11) is -3.58. The Balaban J connectivity index is 1.88. The Morgan fingerprint density at radius 1 is 0.898 bits per heavy atom. The Bertz CT molecular complexity index is 1350. The van der Waals surface area contributed by atoms with Gasteiger partial charge in [0.05, 0.1) is 33.8 Å². The Hall–Kier alpha value is -2.74. The number of ketones is 1. The van der Waals surface area contributed by atoms with E-state index in [1.165, 1.54) is 4.90 Å². The number of primary amides is 1. The van der Waals surface area contributed by atoms with E-state index in [-0.39, 0.29) is 31.1 Å². The lowest BCUT2D eigenvalue weighted by molar-refractivity contribution is -0.143. The molecule has 2 saturated carbocycles. The molecule has 49 heavy (non-hydrogen) atoms. The van der Waals surface area contributed by atoms with Crippen molar-refractivity contribution in [3.63, 3.8) is 0 Å². The molecule has 0 aromatic rings. The molecule has 0 spiro atoms. The number of carbonyl (C=O) groups excluding carboxylic acids is 5. The van der Waals surface area contributed by atoms with Crippen molar-refractivity contribution in [3.8, 4) is 0 Å². The highest BCUT2D eigenvalue weighted by atomic mass is 32.2. The van der Waals surface area contributed by atoms with E-state index in [2.05, 4.69) is 16.0 Å². The van der Waals surface area contributed by atoms with Crippen molar-refractivity contribution in [1.82, 2.24) is 20.9 Å². The average molecular weight is 712 g/mol. The molecule has 14 heteroatoms. The van der Waals surface area contributed by atoms with E-state index in [1.807, 2.05) is 20.8 Å². The molecule has 13 nitrogen and oxygen atoms in total. The molecule has 0 bridgehead atoms. The van der Waals surface area contributed by atoms with Crippen LogP contribution in [0, 0.1) is 11.3 Å². The summed E-state index contributed by atoms with van der Waals surface area (Å²) in [5.41, 5.74) is 2.95. The predicted octanol–water partition coefficient (Wildman–Crippen LogP) is 3.13. The predicted molar refractivity (Wildman–Crippen MR) is 187 cm³/mol. The number of ether oxygens (including phenoxy) is 1. The molecule has 3 rings (SSSR count). The van der Waals surface area contributed by atoms with Gasteiger partial charge in [0.15, 0.2) is 9.84 Å². The molecule has 280 valence electrons. The molecule has 0 aromatic heterocycles. The molecule has 0 aromatic carbocycles. The lowest BCUT2D eigenvalue weighted by Crippen LogP contribution is -2.63. The van der Waals surface area contributed by atoms with E-state index < -0.39 is 84.9 Å². The first-order valence-electron chi connectivity index (χ1n) is 17.8. The van der Waals surface area contributed by atoms with E-state index >= 15 is 0 Å². The molecule has 5 amide bonds. The highest BCUT2D eigenvalue weighted by Gasteiger charge is 2.48. The van der Waals surface area contributed by atoms with Gasteiger partial charge in [0.2, 0.25) is 17.6 Å². The van der Waals surface area contributed by atoms with Crippen LogP contribution in [-0.2, 0) is 33.8 Å². The van der Waals surface area contributed by atoms with Gasteiger partial charge in [-0.15, -0.1) is 0 Å². The topological polar surface area (TPSA) is 194 Å². The van der Waals surface area contributed by atoms with Crippen LogP contribution in [0.5, 0.6) is 0 Å². The summed E-state index contributed by atoms with van der Waals surface area (Å²) >= 11 is 0. The van der Waals surface area contributed by atoms with Crippen molar-refractivity contribution < 1.29 is 37.1 Å². The van der Waals surface area contributed by atoms with Crippen LogP contribution in [0.2, 0.25) is 0 Å². The van der Waals surface area contributed by atoms with Crippen LogP contribution in [0.1, 0.15) is 127 Å². The van der Waals surface area contributed by atoms with Crippen molar-refractivity contribution in [2.24, 2.45) is 17.1 Å². The van der Waals surface area contributed by atoms with Crippen LogP contribution in [-0.4, -0.2) is 95.3 Å². The monoisotopic (exact) mass is 711 g/mol. The molecule has 1 heterocycles. The lowest BCUT2D eigenvalue weighted by atomic mass is 9.80. The van der Waals surface area contributed by atoms with Gasteiger partial charge in [0.1, 0.15) is 12.1 Å². The van der Waals surface area contributed by atoms with Gasteiger partial charge in [-0.2, -0.15) is 0 Å². The van der Waals surface area contributed by atoms with Gasteiger partial charge in [-0.25, -0.2) is 13.2 Å². The maximum absolute atomic E-state index is 14.5. The first kappa shape index (κ1) is 40.7. The molecule has 1 unspecified atom stereocenters. The number of carbonyl (C=O) groups is 5. The van der Waals surface area contributed by atoms with Crippen molar-refractivity contribution in [2.75, 3.05) is 12.3 Å². The maximum atomic E-state index is 14.5. The molecule has 0 radical (unpaired) electrons. The summed E-state index contributed by atoms with van der Waals surface area (Å²) in [5, 5.41) is 8.54. The van der Waals surface area contributed by atoms with E-state index in [0.29, 0.717) is 12.8 Å². The molecule has 4 atom stereocenters. The number of nitrogens with zero attached hydrogens (tertiary/aromatic N) is 1. The Kier molecular flexibility index (Phi) is 12.7. The molecule has 3 aliphatic rings. The average Bonchev–Trinajstić information content (AvgIpc) is 3.33. The zero-order chi connectivity index (χ0) is 37.2. The van der Waals surface area contributed by atoms with Crippen LogP contribution in [0.3, 0.4) is 0 Å². The third-order valence-corrected chi connectivity index (χ3v) is 12.8. The number of nitrogens with one attached hydrogen (secondary N) is 3. The van der Waals surface area contributed by atoms with Crippen LogP contribution in [0.25, 0.3) is 0 Å². The Morgan fingerprint density at radius 2 is 1.49 bits per heavy atom. The first-order chi connectivity index (χ1) is 22.3. The summed E-state index contributed by atoms with van der Waals surface area (Å²) in [6.07, 6.45) is 6.16. The summed E-state index contributed by atoms with van der Waals surface area (Å²) < 4.78 is 31.8. The van der Waals surface area contributed by atoms with E-state index in [9.17, 15) is 32.4 Å². The van der Waals surface area contributed by atoms with Gasteiger partial charge in [-0.1, -0.05) is 59.3 Å². The minimum absolute atomic E-state index is 0.0644. The normalized spacial score (nSPS) is 23.2. The molecule has 5 N–H and O–H groups in total. The molecular weight excluding hydrogens is 650 g/mol.